The molecule has 0 spiro atoms. The van der Waals surface area contributed by atoms with Crippen molar-refractivity contribution in [1.29, 1.82) is 0 Å². The molecule has 0 aromatic heterocycles. The maximum absolute atomic E-state index is 6.39. The molecule has 1 saturated carbocycles. The molecule has 0 aliphatic heterocycles. The van der Waals surface area contributed by atoms with Gasteiger partial charge in [0, 0.05) is 6.04 Å². The van der Waals surface area contributed by atoms with E-state index in [9.17, 15) is 0 Å². The molecule has 0 radical (unpaired) electrons. The Morgan fingerprint density at radius 1 is 1.25 bits per heavy atom. The molecular weight excluding hydrogens is 289 g/mol. The van der Waals surface area contributed by atoms with Crippen molar-refractivity contribution in [2.24, 2.45) is 5.92 Å². The van der Waals surface area contributed by atoms with Gasteiger partial charge < -0.3 is 5.32 Å². The summed E-state index contributed by atoms with van der Waals surface area (Å²) < 4.78 is 0. The van der Waals surface area contributed by atoms with E-state index in [1.54, 1.807) is 0 Å². The van der Waals surface area contributed by atoms with Gasteiger partial charge in [-0.15, -0.1) is 0 Å². The Kier molecular flexibility index (Phi) is 6.67. The van der Waals surface area contributed by atoms with E-state index in [4.69, 9.17) is 23.2 Å². The van der Waals surface area contributed by atoms with Crippen molar-refractivity contribution in [3.63, 3.8) is 0 Å². The molecule has 2 rings (SSSR count). The van der Waals surface area contributed by atoms with Crippen LogP contribution < -0.4 is 5.32 Å². The molecule has 1 N–H and O–H groups in total. The molecule has 1 aromatic carbocycles. The minimum atomic E-state index is 0.335. The topological polar surface area (TPSA) is 12.0 Å². The first kappa shape index (κ1) is 16.1. The number of hydrogen-bond donors (Lipinski definition) is 1. The molecule has 1 aliphatic carbocycles. The fraction of sp³-hybridized carbons (Fsp3) is 0.647. The first-order chi connectivity index (χ1) is 9.72. The Balaban J connectivity index is 2.03. The second-order valence-electron chi connectivity index (χ2n) is 5.88. The summed E-state index contributed by atoms with van der Waals surface area (Å²) in [6.07, 6.45) is 9.23. The van der Waals surface area contributed by atoms with Crippen molar-refractivity contribution in [3.8, 4) is 0 Å². The molecule has 1 aromatic rings. The van der Waals surface area contributed by atoms with Gasteiger partial charge in [-0.1, -0.05) is 67.9 Å². The number of benzene rings is 1. The fourth-order valence-corrected chi connectivity index (χ4v) is 3.62. The summed E-state index contributed by atoms with van der Waals surface area (Å²) in [6, 6.07) is 6.30. The number of hydrogen-bond acceptors (Lipinski definition) is 1. The van der Waals surface area contributed by atoms with Crippen LogP contribution in [0, 0.1) is 5.92 Å². The second kappa shape index (κ2) is 8.26. The van der Waals surface area contributed by atoms with Crippen LogP contribution in [0.3, 0.4) is 0 Å². The van der Waals surface area contributed by atoms with Crippen molar-refractivity contribution in [3.05, 3.63) is 33.8 Å². The third kappa shape index (κ3) is 4.38. The first-order valence-corrected chi connectivity index (χ1v) is 8.65. The molecule has 1 aliphatic rings. The molecule has 112 valence electrons. The van der Waals surface area contributed by atoms with Gasteiger partial charge in [0.2, 0.25) is 0 Å². The number of rotatable bonds is 7. The SMILES string of the molecule is CCCNC(CCC1CCCC1)c1cccc(Cl)c1Cl. The van der Waals surface area contributed by atoms with E-state index in [1.807, 2.05) is 12.1 Å². The Hall–Kier alpha value is -0.240. The lowest BCUT2D eigenvalue weighted by Gasteiger charge is -2.22. The van der Waals surface area contributed by atoms with Gasteiger partial charge in [0.1, 0.15) is 0 Å². The molecule has 0 saturated heterocycles. The van der Waals surface area contributed by atoms with E-state index in [0.717, 1.165) is 30.9 Å². The van der Waals surface area contributed by atoms with Crippen LogP contribution in [0.1, 0.15) is 63.5 Å². The smallest absolute Gasteiger partial charge is 0.0640 e. The largest absolute Gasteiger partial charge is 0.310 e. The van der Waals surface area contributed by atoms with Crippen molar-refractivity contribution < 1.29 is 0 Å². The summed E-state index contributed by atoms with van der Waals surface area (Å²) in [5.41, 5.74) is 1.16. The Morgan fingerprint density at radius 2 is 2.00 bits per heavy atom. The fourth-order valence-electron chi connectivity index (χ4n) is 3.18. The van der Waals surface area contributed by atoms with E-state index in [2.05, 4.69) is 18.3 Å². The third-order valence-electron chi connectivity index (χ3n) is 4.34. The molecule has 0 bridgehead atoms. The van der Waals surface area contributed by atoms with Gasteiger partial charge in [0.25, 0.3) is 0 Å². The van der Waals surface area contributed by atoms with Gasteiger partial charge in [-0.05, 0) is 43.4 Å². The molecule has 0 heterocycles. The van der Waals surface area contributed by atoms with Crippen molar-refractivity contribution in [2.75, 3.05) is 6.54 Å². The van der Waals surface area contributed by atoms with Gasteiger partial charge in [0.05, 0.1) is 10.0 Å². The Labute approximate surface area is 133 Å². The monoisotopic (exact) mass is 313 g/mol. The van der Waals surface area contributed by atoms with Gasteiger partial charge in [-0.25, -0.2) is 0 Å². The molecular formula is C17H25Cl2N. The quantitative estimate of drug-likeness (QED) is 0.650. The average molecular weight is 314 g/mol. The van der Waals surface area contributed by atoms with Crippen molar-refractivity contribution in [1.82, 2.24) is 5.32 Å². The molecule has 20 heavy (non-hydrogen) atoms. The van der Waals surface area contributed by atoms with Crippen LogP contribution in [0.2, 0.25) is 10.0 Å². The molecule has 3 heteroatoms. The lowest BCUT2D eigenvalue weighted by molar-refractivity contribution is 0.412. The maximum Gasteiger partial charge on any atom is 0.0640 e. The summed E-state index contributed by atoms with van der Waals surface area (Å²) in [7, 11) is 0. The molecule has 1 unspecified atom stereocenters. The summed E-state index contributed by atoms with van der Waals surface area (Å²) in [6.45, 7) is 3.22. The summed E-state index contributed by atoms with van der Waals surface area (Å²) in [5.74, 6) is 0.916. The minimum absolute atomic E-state index is 0.335. The van der Waals surface area contributed by atoms with Gasteiger partial charge in [-0.2, -0.15) is 0 Å². The lowest BCUT2D eigenvalue weighted by Crippen LogP contribution is -2.23. The highest BCUT2D eigenvalue weighted by Crippen LogP contribution is 2.35. The van der Waals surface area contributed by atoms with E-state index < -0.39 is 0 Å². The van der Waals surface area contributed by atoms with Gasteiger partial charge >= 0.3 is 0 Å². The summed E-state index contributed by atoms with van der Waals surface area (Å²) >= 11 is 12.5. The van der Waals surface area contributed by atoms with Crippen molar-refractivity contribution in [2.45, 2.75) is 57.9 Å². The van der Waals surface area contributed by atoms with Crippen molar-refractivity contribution >= 4 is 23.2 Å². The van der Waals surface area contributed by atoms with E-state index >= 15 is 0 Å². The lowest BCUT2D eigenvalue weighted by atomic mass is 9.94. The second-order valence-corrected chi connectivity index (χ2v) is 6.66. The van der Waals surface area contributed by atoms with Gasteiger partial charge in [0.15, 0.2) is 0 Å². The highest BCUT2D eigenvalue weighted by atomic mass is 35.5. The van der Waals surface area contributed by atoms with E-state index in [1.165, 1.54) is 32.1 Å². The average Bonchev–Trinajstić information content (AvgIpc) is 2.96. The highest BCUT2D eigenvalue weighted by Gasteiger charge is 2.20. The summed E-state index contributed by atoms with van der Waals surface area (Å²) in [5, 5.41) is 5.01. The zero-order valence-corrected chi connectivity index (χ0v) is 13.8. The number of nitrogens with one attached hydrogen (secondary N) is 1. The zero-order valence-electron chi connectivity index (χ0n) is 12.3. The molecule has 1 atom stereocenters. The van der Waals surface area contributed by atoms with E-state index in [-0.39, 0.29) is 0 Å². The van der Waals surface area contributed by atoms with Crippen LogP contribution in [-0.2, 0) is 0 Å². The predicted molar refractivity (Wildman–Crippen MR) is 88.7 cm³/mol. The highest BCUT2D eigenvalue weighted by molar-refractivity contribution is 6.42. The first-order valence-electron chi connectivity index (χ1n) is 7.89. The minimum Gasteiger partial charge on any atom is -0.310 e. The van der Waals surface area contributed by atoms with Crippen LogP contribution >= 0.6 is 23.2 Å². The predicted octanol–water partition coefficient (Wildman–Crippen LogP) is 6.00. The van der Waals surface area contributed by atoms with Crippen LogP contribution in [0.5, 0.6) is 0 Å². The summed E-state index contributed by atoms with van der Waals surface area (Å²) in [4.78, 5) is 0. The number of halogens is 2. The Bertz CT molecular complexity index is 413. The molecule has 1 fully saturated rings. The zero-order chi connectivity index (χ0) is 14.4. The third-order valence-corrected chi connectivity index (χ3v) is 5.17. The van der Waals surface area contributed by atoms with E-state index in [0.29, 0.717) is 16.1 Å². The molecule has 1 nitrogen and oxygen atoms in total. The normalized spacial score (nSPS) is 17.6. The van der Waals surface area contributed by atoms with Gasteiger partial charge in [-0.3, -0.25) is 0 Å². The van der Waals surface area contributed by atoms with Crippen LogP contribution in [0.4, 0.5) is 0 Å². The van der Waals surface area contributed by atoms with Crippen LogP contribution in [0.15, 0.2) is 18.2 Å². The van der Waals surface area contributed by atoms with Crippen LogP contribution in [0.25, 0.3) is 0 Å². The standard InChI is InChI=1S/C17H25Cl2N/c1-2-12-20-16(11-10-13-6-3-4-7-13)14-8-5-9-15(18)17(14)19/h5,8-9,13,16,20H,2-4,6-7,10-12H2,1H3. The molecule has 0 amide bonds. The maximum atomic E-state index is 6.39. The Morgan fingerprint density at radius 3 is 2.70 bits per heavy atom. The van der Waals surface area contributed by atoms with Crippen LogP contribution in [-0.4, -0.2) is 6.54 Å².